The van der Waals surface area contributed by atoms with Crippen LogP contribution in [0.4, 0.5) is 13.6 Å². The Hall–Kier alpha value is -0.870. The Kier molecular flexibility index (Phi) is 3.45. The largest absolute Gasteiger partial charge is 0.325 e. The molecule has 1 fully saturated rings. The molecule has 13 heavy (non-hydrogen) atoms. The van der Waals surface area contributed by atoms with Crippen molar-refractivity contribution in [1.82, 2.24) is 9.80 Å². The fraction of sp³-hybridized carbons (Fsp3) is 0.875. The summed E-state index contributed by atoms with van der Waals surface area (Å²) < 4.78 is 24.0. The van der Waals surface area contributed by atoms with Crippen LogP contribution in [-0.4, -0.2) is 48.4 Å². The van der Waals surface area contributed by atoms with E-state index in [-0.39, 0.29) is 6.03 Å². The summed E-state index contributed by atoms with van der Waals surface area (Å²) in [5.41, 5.74) is 0. The van der Waals surface area contributed by atoms with Crippen LogP contribution < -0.4 is 0 Å². The fourth-order valence-electron chi connectivity index (χ4n) is 1.47. The lowest BCUT2D eigenvalue weighted by molar-refractivity contribution is 0.0723. The topological polar surface area (TPSA) is 23.6 Å². The summed E-state index contributed by atoms with van der Waals surface area (Å²) >= 11 is 0. The number of amides is 2. The van der Waals surface area contributed by atoms with Gasteiger partial charge in [0.1, 0.15) is 0 Å². The van der Waals surface area contributed by atoms with E-state index in [2.05, 4.69) is 0 Å². The first-order valence-corrected chi connectivity index (χ1v) is 4.47. The van der Waals surface area contributed by atoms with Crippen molar-refractivity contribution in [3.8, 4) is 0 Å². The highest BCUT2D eigenvalue weighted by Gasteiger charge is 2.26. The number of urea groups is 1. The summed E-state index contributed by atoms with van der Waals surface area (Å²) in [6, 6.07) is -0.256. The number of hydrogen-bond acceptors (Lipinski definition) is 1. The molecule has 3 nitrogen and oxygen atoms in total. The molecule has 1 saturated heterocycles. The van der Waals surface area contributed by atoms with Crippen LogP contribution >= 0.6 is 0 Å². The first-order valence-electron chi connectivity index (χ1n) is 4.47. The zero-order chi connectivity index (χ0) is 9.84. The van der Waals surface area contributed by atoms with Gasteiger partial charge in [-0.3, -0.25) is 0 Å². The van der Waals surface area contributed by atoms with Crippen LogP contribution in [0.5, 0.6) is 0 Å². The maximum Gasteiger partial charge on any atom is 0.320 e. The lowest BCUT2D eigenvalue weighted by atomic mass is 10.3. The normalized spacial score (nSPS) is 18.6. The number of alkyl halides is 2. The Bertz CT molecular complexity index is 187. The van der Waals surface area contributed by atoms with Crippen LogP contribution in [0.25, 0.3) is 0 Å². The van der Waals surface area contributed by atoms with Crippen LogP contribution in [0.3, 0.4) is 0 Å². The number of halogens is 2. The molecule has 0 radical (unpaired) electrons. The molecule has 0 atom stereocenters. The Morgan fingerprint density at radius 2 is 2.00 bits per heavy atom. The van der Waals surface area contributed by atoms with Gasteiger partial charge < -0.3 is 9.80 Å². The van der Waals surface area contributed by atoms with Gasteiger partial charge in [0, 0.05) is 19.6 Å². The maximum atomic E-state index is 12.0. The van der Waals surface area contributed by atoms with Gasteiger partial charge in [-0.2, -0.15) is 0 Å². The van der Waals surface area contributed by atoms with E-state index in [1.165, 1.54) is 4.90 Å². The molecule has 1 heterocycles. The van der Waals surface area contributed by atoms with E-state index in [0.717, 1.165) is 6.42 Å². The Labute approximate surface area is 76.3 Å². The van der Waals surface area contributed by atoms with Crippen molar-refractivity contribution in [3.05, 3.63) is 0 Å². The minimum atomic E-state index is -2.43. The van der Waals surface area contributed by atoms with Gasteiger partial charge in [-0.25, -0.2) is 13.6 Å². The Morgan fingerprint density at radius 1 is 1.38 bits per heavy atom. The maximum absolute atomic E-state index is 12.0. The molecule has 1 aliphatic heterocycles. The molecule has 1 rings (SSSR count). The highest BCUT2D eigenvalue weighted by molar-refractivity contribution is 5.75. The van der Waals surface area contributed by atoms with Crippen LogP contribution in [-0.2, 0) is 0 Å². The number of nitrogens with zero attached hydrogens (tertiary/aromatic N) is 2. The summed E-state index contributed by atoms with van der Waals surface area (Å²) in [4.78, 5) is 14.2. The average molecular weight is 192 g/mol. The van der Waals surface area contributed by atoms with Gasteiger partial charge in [-0.1, -0.05) is 0 Å². The van der Waals surface area contributed by atoms with Gasteiger partial charge in [0.05, 0.1) is 6.54 Å². The lowest BCUT2D eigenvalue weighted by Gasteiger charge is -2.34. The van der Waals surface area contributed by atoms with Gasteiger partial charge >= 0.3 is 6.03 Å². The SMILES string of the molecule is CCN1CCCN(CC(F)F)C1=O. The predicted octanol–water partition coefficient (Wildman–Crippen LogP) is 1.40. The van der Waals surface area contributed by atoms with Crippen molar-refractivity contribution in [2.45, 2.75) is 19.8 Å². The van der Waals surface area contributed by atoms with Crippen LogP contribution in [0, 0.1) is 0 Å². The van der Waals surface area contributed by atoms with Gasteiger partial charge in [0.25, 0.3) is 6.43 Å². The summed E-state index contributed by atoms with van der Waals surface area (Å²) in [6.07, 6.45) is -1.65. The van der Waals surface area contributed by atoms with Gasteiger partial charge in [0.2, 0.25) is 0 Å². The molecule has 0 aromatic rings. The van der Waals surface area contributed by atoms with Gasteiger partial charge in [-0.05, 0) is 13.3 Å². The predicted molar refractivity (Wildman–Crippen MR) is 44.8 cm³/mol. The van der Waals surface area contributed by atoms with Gasteiger partial charge in [-0.15, -0.1) is 0 Å². The van der Waals surface area contributed by atoms with Crippen molar-refractivity contribution < 1.29 is 13.6 Å². The van der Waals surface area contributed by atoms with E-state index >= 15 is 0 Å². The molecule has 0 unspecified atom stereocenters. The fourth-order valence-corrected chi connectivity index (χ4v) is 1.47. The second-order valence-corrected chi connectivity index (χ2v) is 3.05. The van der Waals surface area contributed by atoms with E-state index in [4.69, 9.17) is 0 Å². The molecular weight excluding hydrogens is 178 g/mol. The van der Waals surface area contributed by atoms with E-state index in [9.17, 15) is 13.6 Å². The van der Waals surface area contributed by atoms with Crippen molar-refractivity contribution in [3.63, 3.8) is 0 Å². The van der Waals surface area contributed by atoms with Crippen LogP contribution in [0.2, 0.25) is 0 Å². The van der Waals surface area contributed by atoms with E-state index < -0.39 is 13.0 Å². The zero-order valence-corrected chi connectivity index (χ0v) is 7.67. The van der Waals surface area contributed by atoms with E-state index in [1.807, 2.05) is 6.92 Å². The molecule has 76 valence electrons. The molecule has 0 spiro atoms. The van der Waals surface area contributed by atoms with Gasteiger partial charge in [0.15, 0.2) is 0 Å². The summed E-state index contributed by atoms with van der Waals surface area (Å²) in [5, 5.41) is 0. The minimum absolute atomic E-state index is 0.256. The summed E-state index contributed by atoms with van der Waals surface area (Å²) in [5.74, 6) is 0. The molecule has 0 aliphatic carbocycles. The standard InChI is InChI=1S/C8H14F2N2O/c1-2-11-4-3-5-12(8(11)13)6-7(9)10/h7H,2-6H2,1H3. The molecule has 0 N–H and O–H groups in total. The molecular formula is C8H14F2N2O. The first-order chi connectivity index (χ1) is 6.15. The molecule has 0 saturated carbocycles. The number of carbonyl (C=O) groups is 1. The molecule has 5 heteroatoms. The third kappa shape index (κ3) is 2.54. The molecule has 0 aromatic carbocycles. The lowest BCUT2D eigenvalue weighted by Crippen LogP contribution is -2.50. The van der Waals surface area contributed by atoms with Crippen molar-refractivity contribution in [1.29, 1.82) is 0 Å². The first kappa shape index (κ1) is 10.2. The monoisotopic (exact) mass is 192 g/mol. The third-order valence-electron chi connectivity index (χ3n) is 2.14. The molecule has 0 bridgehead atoms. The van der Waals surface area contributed by atoms with Crippen molar-refractivity contribution >= 4 is 6.03 Å². The van der Waals surface area contributed by atoms with E-state index in [0.29, 0.717) is 19.6 Å². The Morgan fingerprint density at radius 3 is 2.54 bits per heavy atom. The highest BCUT2D eigenvalue weighted by Crippen LogP contribution is 2.10. The van der Waals surface area contributed by atoms with E-state index in [1.54, 1.807) is 4.90 Å². The number of carbonyl (C=O) groups excluding carboxylic acids is 1. The number of hydrogen-bond donors (Lipinski definition) is 0. The Balaban J connectivity index is 2.50. The second-order valence-electron chi connectivity index (χ2n) is 3.05. The minimum Gasteiger partial charge on any atom is -0.325 e. The quantitative estimate of drug-likeness (QED) is 0.663. The summed E-state index contributed by atoms with van der Waals surface area (Å²) in [6.45, 7) is 3.16. The number of rotatable bonds is 3. The molecule has 0 aromatic heterocycles. The molecule has 2 amide bonds. The van der Waals surface area contributed by atoms with Crippen molar-refractivity contribution in [2.24, 2.45) is 0 Å². The highest BCUT2D eigenvalue weighted by atomic mass is 19.3. The second kappa shape index (κ2) is 4.39. The molecule has 1 aliphatic rings. The van der Waals surface area contributed by atoms with Crippen molar-refractivity contribution in [2.75, 3.05) is 26.2 Å². The smallest absolute Gasteiger partial charge is 0.320 e. The zero-order valence-electron chi connectivity index (χ0n) is 7.67. The average Bonchev–Trinajstić information content (AvgIpc) is 2.08. The third-order valence-corrected chi connectivity index (χ3v) is 2.14. The summed E-state index contributed by atoms with van der Waals surface area (Å²) in [7, 11) is 0. The van der Waals surface area contributed by atoms with Crippen LogP contribution in [0.1, 0.15) is 13.3 Å². The van der Waals surface area contributed by atoms with Crippen LogP contribution in [0.15, 0.2) is 0 Å².